The fourth-order valence-corrected chi connectivity index (χ4v) is 2.42. The molecule has 0 saturated heterocycles. The maximum Gasteiger partial charge on any atom is 0.255 e. The van der Waals surface area contributed by atoms with Crippen LogP contribution in [0.2, 0.25) is 5.02 Å². The average Bonchev–Trinajstić information content (AvgIpc) is 2.77. The van der Waals surface area contributed by atoms with Crippen LogP contribution in [0.3, 0.4) is 0 Å². The summed E-state index contributed by atoms with van der Waals surface area (Å²) in [5.74, 6) is -0.0179. The second-order valence-electron chi connectivity index (χ2n) is 5.28. The Balaban J connectivity index is 2.39. The molecule has 0 saturated carbocycles. The molecule has 2 aromatic rings. The zero-order valence-corrected chi connectivity index (χ0v) is 13.3. The SMILES string of the molecule is Cc1cc(C(=O)N[C@](C)(C(N)=O)c2cccc(Cl)c2)c(C)o1. The molecule has 22 heavy (non-hydrogen) atoms. The third-order valence-electron chi connectivity index (χ3n) is 3.54. The molecule has 116 valence electrons. The summed E-state index contributed by atoms with van der Waals surface area (Å²) in [6.45, 7) is 4.97. The largest absolute Gasteiger partial charge is 0.466 e. The van der Waals surface area contributed by atoms with Crippen LogP contribution in [0.4, 0.5) is 0 Å². The number of aryl methyl sites for hydroxylation is 2. The highest BCUT2D eigenvalue weighted by Gasteiger charge is 2.36. The van der Waals surface area contributed by atoms with Crippen molar-refractivity contribution >= 4 is 23.4 Å². The Kier molecular flexibility index (Phi) is 4.28. The van der Waals surface area contributed by atoms with Crippen LogP contribution >= 0.6 is 11.6 Å². The van der Waals surface area contributed by atoms with Crippen LogP contribution in [-0.2, 0) is 10.3 Å². The number of primary amides is 1. The number of hydrogen-bond acceptors (Lipinski definition) is 3. The molecule has 6 heteroatoms. The minimum absolute atomic E-state index is 0.368. The van der Waals surface area contributed by atoms with Crippen LogP contribution in [0.15, 0.2) is 34.7 Å². The lowest BCUT2D eigenvalue weighted by molar-refractivity contribution is -0.123. The number of benzene rings is 1. The van der Waals surface area contributed by atoms with Gasteiger partial charge in [0.2, 0.25) is 5.91 Å². The number of nitrogens with one attached hydrogen (secondary N) is 1. The highest BCUT2D eigenvalue weighted by Crippen LogP contribution is 2.25. The maximum atomic E-state index is 12.4. The molecule has 0 fully saturated rings. The Morgan fingerprint density at radius 1 is 1.27 bits per heavy atom. The van der Waals surface area contributed by atoms with Gasteiger partial charge in [-0.2, -0.15) is 0 Å². The second kappa shape index (κ2) is 5.85. The standard InChI is InChI=1S/C16H17ClN2O3/c1-9-7-13(10(2)22-9)14(20)19-16(3,15(18)21)11-5-4-6-12(17)8-11/h4-8H,1-3H3,(H2,18,21)(H,19,20)/t16-/m0/s1. The number of carbonyl (C=O) groups is 2. The zero-order valence-electron chi connectivity index (χ0n) is 12.6. The summed E-state index contributed by atoms with van der Waals surface area (Å²) in [4.78, 5) is 24.4. The number of carbonyl (C=O) groups excluding carboxylic acids is 2. The van der Waals surface area contributed by atoms with Crippen LogP contribution in [0, 0.1) is 13.8 Å². The first-order chi connectivity index (χ1) is 10.2. The van der Waals surface area contributed by atoms with E-state index < -0.39 is 17.4 Å². The second-order valence-corrected chi connectivity index (χ2v) is 5.72. The van der Waals surface area contributed by atoms with Gasteiger partial charge < -0.3 is 15.5 Å². The van der Waals surface area contributed by atoms with Gasteiger partial charge in [0.25, 0.3) is 5.91 Å². The lowest BCUT2D eigenvalue weighted by Crippen LogP contribution is -2.52. The zero-order chi connectivity index (χ0) is 16.5. The van der Waals surface area contributed by atoms with Crippen molar-refractivity contribution < 1.29 is 14.0 Å². The summed E-state index contributed by atoms with van der Waals surface area (Å²) in [6.07, 6.45) is 0. The van der Waals surface area contributed by atoms with Gasteiger partial charge in [0.1, 0.15) is 17.1 Å². The summed E-state index contributed by atoms with van der Waals surface area (Å²) >= 11 is 5.96. The van der Waals surface area contributed by atoms with Crippen LogP contribution in [0.5, 0.6) is 0 Å². The van der Waals surface area contributed by atoms with E-state index in [-0.39, 0.29) is 0 Å². The fraction of sp³-hybridized carbons (Fsp3) is 0.250. The molecule has 0 bridgehead atoms. The third-order valence-corrected chi connectivity index (χ3v) is 3.78. The number of amides is 2. The highest BCUT2D eigenvalue weighted by atomic mass is 35.5. The molecule has 5 nitrogen and oxygen atoms in total. The molecule has 2 rings (SSSR count). The number of hydrogen-bond donors (Lipinski definition) is 2. The molecule has 1 atom stereocenters. The van der Waals surface area contributed by atoms with Gasteiger partial charge in [-0.05, 0) is 44.5 Å². The Hall–Kier alpha value is -2.27. The van der Waals surface area contributed by atoms with Crippen molar-refractivity contribution in [1.29, 1.82) is 0 Å². The predicted molar refractivity (Wildman–Crippen MR) is 83.6 cm³/mol. The first kappa shape index (κ1) is 16.1. The van der Waals surface area contributed by atoms with Crippen molar-refractivity contribution in [3.05, 3.63) is 58.0 Å². The van der Waals surface area contributed by atoms with E-state index in [0.29, 0.717) is 27.7 Å². The van der Waals surface area contributed by atoms with Crippen LogP contribution in [-0.4, -0.2) is 11.8 Å². The molecule has 0 spiro atoms. The fourth-order valence-electron chi connectivity index (χ4n) is 2.23. The van der Waals surface area contributed by atoms with Crippen molar-refractivity contribution in [3.63, 3.8) is 0 Å². The minimum Gasteiger partial charge on any atom is -0.466 e. The normalized spacial score (nSPS) is 13.5. The average molecular weight is 321 g/mol. The first-order valence-electron chi connectivity index (χ1n) is 6.69. The molecule has 0 aliphatic carbocycles. The molecule has 2 amide bonds. The maximum absolute atomic E-state index is 12.4. The van der Waals surface area contributed by atoms with Crippen molar-refractivity contribution in [2.24, 2.45) is 5.73 Å². The Morgan fingerprint density at radius 2 is 1.95 bits per heavy atom. The molecule has 0 aliphatic rings. The number of halogens is 1. The number of nitrogens with two attached hydrogens (primary N) is 1. The van der Waals surface area contributed by atoms with E-state index in [1.54, 1.807) is 51.1 Å². The van der Waals surface area contributed by atoms with Crippen molar-refractivity contribution in [1.82, 2.24) is 5.32 Å². The molecule has 0 radical (unpaired) electrons. The predicted octanol–water partition coefficient (Wildman–Crippen LogP) is 2.68. The lowest BCUT2D eigenvalue weighted by Gasteiger charge is -2.28. The minimum atomic E-state index is -1.38. The first-order valence-corrected chi connectivity index (χ1v) is 7.07. The lowest BCUT2D eigenvalue weighted by atomic mass is 9.90. The summed E-state index contributed by atoms with van der Waals surface area (Å²) < 4.78 is 5.34. The molecule has 0 unspecified atom stereocenters. The van der Waals surface area contributed by atoms with E-state index in [1.807, 2.05) is 0 Å². The molecule has 0 aliphatic heterocycles. The van der Waals surface area contributed by atoms with Gasteiger partial charge >= 0.3 is 0 Å². The van der Waals surface area contributed by atoms with E-state index in [2.05, 4.69) is 5.32 Å². The number of furan rings is 1. The molecule has 1 aromatic carbocycles. The summed E-state index contributed by atoms with van der Waals surface area (Å²) in [5.41, 5.74) is 5.01. The van der Waals surface area contributed by atoms with Gasteiger partial charge in [-0.1, -0.05) is 23.7 Å². The molecule has 3 N–H and O–H groups in total. The molecular weight excluding hydrogens is 304 g/mol. The van der Waals surface area contributed by atoms with Gasteiger partial charge in [-0.15, -0.1) is 0 Å². The monoisotopic (exact) mass is 320 g/mol. The van der Waals surface area contributed by atoms with E-state index in [9.17, 15) is 9.59 Å². The van der Waals surface area contributed by atoms with Crippen LogP contribution in [0.25, 0.3) is 0 Å². The van der Waals surface area contributed by atoms with Crippen LogP contribution in [0.1, 0.15) is 34.4 Å². The van der Waals surface area contributed by atoms with Crippen LogP contribution < -0.4 is 11.1 Å². The highest BCUT2D eigenvalue weighted by molar-refractivity contribution is 6.30. The molecule has 1 heterocycles. The Labute approximate surface area is 133 Å². The van der Waals surface area contributed by atoms with Gasteiger partial charge in [0, 0.05) is 5.02 Å². The van der Waals surface area contributed by atoms with Gasteiger partial charge in [0.15, 0.2) is 0 Å². The van der Waals surface area contributed by atoms with Crippen molar-refractivity contribution in [2.75, 3.05) is 0 Å². The van der Waals surface area contributed by atoms with Crippen molar-refractivity contribution in [3.8, 4) is 0 Å². The van der Waals surface area contributed by atoms with Gasteiger partial charge in [0.05, 0.1) is 5.56 Å². The number of rotatable bonds is 4. The van der Waals surface area contributed by atoms with Crippen molar-refractivity contribution in [2.45, 2.75) is 26.3 Å². The summed E-state index contributed by atoms with van der Waals surface area (Å²) in [7, 11) is 0. The third kappa shape index (κ3) is 2.99. The quantitative estimate of drug-likeness (QED) is 0.908. The molecule has 1 aromatic heterocycles. The summed E-state index contributed by atoms with van der Waals surface area (Å²) in [5, 5.41) is 3.13. The van der Waals surface area contributed by atoms with E-state index >= 15 is 0 Å². The van der Waals surface area contributed by atoms with E-state index in [1.165, 1.54) is 0 Å². The Bertz CT molecular complexity index is 739. The molecular formula is C16H17ClN2O3. The van der Waals surface area contributed by atoms with Gasteiger partial charge in [-0.3, -0.25) is 9.59 Å². The Morgan fingerprint density at radius 3 is 2.45 bits per heavy atom. The van der Waals surface area contributed by atoms with E-state index in [4.69, 9.17) is 21.8 Å². The van der Waals surface area contributed by atoms with E-state index in [0.717, 1.165) is 0 Å². The summed E-state index contributed by atoms with van der Waals surface area (Å²) in [6, 6.07) is 8.27. The van der Waals surface area contributed by atoms with Gasteiger partial charge in [-0.25, -0.2) is 0 Å². The topological polar surface area (TPSA) is 85.3 Å². The smallest absolute Gasteiger partial charge is 0.255 e.